The van der Waals surface area contributed by atoms with Crippen molar-refractivity contribution in [2.75, 3.05) is 13.1 Å². The number of ether oxygens (including phenoxy) is 1. The first-order chi connectivity index (χ1) is 10.3. The zero-order chi connectivity index (χ0) is 14.5. The lowest BCUT2D eigenvalue weighted by Gasteiger charge is -2.26. The molecule has 4 heteroatoms. The molecule has 1 saturated heterocycles. The van der Waals surface area contributed by atoms with Gasteiger partial charge in [-0.05, 0) is 50.5 Å². The molecule has 21 heavy (non-hydrogen) atoms. The summed E-state index contributed by atoms with van der Waals surface area (Å²) in [7, 11) is 0. The maximum Gasteiger partial charge on any atom is 0.213 e. The summed E-state index contributed by atoms with van der Waals surface area (Å²) in [5, 5.41) is 0. The summed E-state index contributed by atoms with van der Waals surface area (Å²) in [6, 6.07) is 3.93. The maximum absolute atomic E-state index is 5.96. The van der Waals surface area contributed by atoms with Crippen LogP contribution in [0.15, 0.2) is 23.3 Å². The molecule has 2 heterocycles. The van der Waals surface area contributed by atoms with E-state index in [4.69, 9.17) is 4.74 Å². The van der Waals surface area contributed by atoms with E-state index in [2.05, 4.69) is 21.8 Å². The van der Waals surface area contributed by atoms with E-state index in [1.807, 2.05) is 18.5 Å². The van der Waals surface area contributed by atoms with E-state index >= 15 is 0 Å². The van der Waals surface area contributed by atoms with Crippen LogP contribution in [-0.4, -0.2) is 35.4 Å². The second-order valence-electron chi connectivity index (χ2n) is 6.34. The predicted octanol–water partition coefficient (Wildman–Crippen LogP) is 3.79. The minimum atomic E-state index is 0.340. The molecule has 4 nitrogen and oxygen atoms in total. The van der Waals surface area contributed by atoms with Crippen LogP contribution < -0.4 is 4.74 Å². The fourth-order valence-electron chi connectivity index (χ4n) is 3.04. The Morgan fingerprint density at radius 3 is 2.62 bits per heavy atom. The van der Waals surface area contributed by atoms with Crippen LogP contribution in [0.4, 0.5) is 5.69 Å². The average molecular weight is 287 g/mol. The highest BCUT2D eigenvalue weighted by Gasteiger charge is 2.19. The van der Waals surface area contributed by atoms with Crippen LogP contribution in [0.5, 0.6) is 5.88 Å². The molecule has 0 aromatic carbocycles. The molecule has 3 rings (SSSR count). The third-order valence-corrected chi connectivity index (χ3v) is 4.48. The Kier molecular flexibility index (Phi) is 4.73. The van der Waals surface area contributed by atoms with E-state index in [1.165, 1.54) is 25.7 Å². The monoisotopic (exact) mass is 287 g/mol. The third kappa shape index (κ3) is 4.19. The SMILES string of the molecule is C[C@H]1CC[C@H](Oc2ccc(/N=C/N3CCCC3)cn2)CC1. The Hall–Kier alpha value is -1.58. The lowest BCUT2D eigenvalue weighted by atomic mass is 9.89. The first-order valence-electron chi connectivity index (χ1n) is 8.20. The van der Waals surface area contributed by atoms with Crippen LogP contribution in [0.25, 0.3) is 0 Å². The normalized spacial score (nSPS) is 26.4. The molecule has 0 bridgehead atoms. The molecule has 0 atom stereocenters. The van der Waals surface area contributed by atoms with Crippen LogP contribution in [0, 0.1) is 5.92 Å². The number of aliphatic imine (C=N–C) groups is 1. The number of nitrogens with zero attached hydrogens (tertiary/aromatic N) is 3. The summed E-state index contributed by atoms with van der Waals surface area (Å²) in [5.74, 6) is 1.58. The Bertz CT molecular complexity index is 457. The van der Waals surface area contributed by atoms with Crippen molar-refractivity contribution in [3.63, 3.8) is 0 Å². The van der Waals surface area contributed by atoms with Crippen LogP contribution in [0.2, 0.25) is 0 Å². The van der Waals surface area contributed by atoms with Gasteiger partial charge in [-0.1, -0.05) is 6.92 Å². The molecule has 2 fully saturated rings. The van der Waals surface area contributed by atoms with Gasteiger partial charge in [-0.2, -0.15) is 0 Å². The number of likely N-dealkylation sites (tertiary alicyclic amines) is 1. The van der Waals surface area contributed by atoms with Gasteiger partial charge in [0.2, 0.25) is 5.88 Å². The van der Waals surface area contributed by atoms with Gasteiger partial charge in [0.05, 0.1) is 18.2 Å². The van der Waals surface area contributed by atoms with Gasteiger partial charge in [-0.3, -0.25) is 0 Å². The summed E-state index contributed by atoms with van der Waals surface area (Å²) in [5.41, 5.74) is 0.895. The molecule has 2 aliphatic rings. The second-order valence-corrected chi connectivity index (χ2v) is 6.34. The van der Waals surface area contributed by atoms with Gasteiger partial charge in [0.1, 0.15) is 6.10 Å². The molecule has 0 unspecified atom stereocenters. The summed E-state index contributed by atoms with van der Waals surface area (Å²) in [4.78, 5) is 11.1. The summed E-state index contributed by atoms with van der Waals surface area (Å²) in [6.45, 7) is 4.57. The number of hydrogen-bond donors (Lipinski definition) is 0. The first kappa shape index (κ1) is 14.4. The van der Waals surface area contributed by atoms with Gasteiger partial charge in [0, 0.05) is 19.2 Å². The molecule has 0 amide bonds. The summed E-state index contributed by atoms with van der Waals surface area (Å²) >= 11 is 0. The number of aromatic nitrogens is 1. The molecule has 1 aromatic rings. The maximum atomic E-state index is 5.96. The van der Waals surface area contributed by atoms with E-state index in [0.717, 1.165) is 43.4 Å². The molecule has 1 aliphatic carbocycles. The fraction of sp³-hybridized carbons (Fsp3) is 0.647. The molecule has 0 spiro atoms. The van der Waals surface area contributed by atoms with E-state index in [0.29, 0.717) is 6.10 Å². The van der Waals surface area contributed by atoms with Gasteiger partial charge < -0.3 is 9.64 Å². The summed E-state index contributed by atoms with van der Waals surface area (Å²) < 4.78 is 5.96. The number of rotatable bonds is 4. The van der Waals surface area contributed by atoms with Crippen molar-refractivity contribution < 1.29 is 4.74 Å². The van der Waals surface area contributed by atoms with E-state index < -0.39 is 0 Å². The number of pyridine rings is 1. The van der Waals surface area contributed by atoms with E-state index in [9.17, 15) is 0 Å². The highest BCUT2D eigenvalue weighted by molar-refractivity contribution is 5.61. The van der Waals surface area contributed by atoms with Gasteiger partial charge in [-0.25, -0.2) is 9.98 Å². The topological polar surface area (TPSA) is 37.7 Å². The quantitative estimate of drug-likeness (QED) is 0.624. The molecule has 0 radical (unpaired) electrons. The van der Waals surface area contributed by atoms with E-state index in [-0.39, 0.29) is 0 Å². The Morgan fingerprint density at radius 2 is 1.95 bits per heavy atom. The highest BCUT2D eigenvalue weighted by Crippen LogP contribution is 2.26. The van der Waals surface area contributed by atoms with Crippen molar-refractivity contribution in [2.45, 2.75) is 51.6 Å². The lowest BCUT2D eigenvalue weighted by Crippen LogP contribution is -2.23. The zero-order valence-electron chi connectivity index (χ0n) is 12.9. The van der Waals surface area contributed by atoms with Crippen LogP contribution in [0.1, 0.15) is 45.4 Å². The zero-order valence-corrected chi connectivity index (χ0v) is 12.9. The highest BCUT2D eigenvalue weighted by atomic mass is 16.5. The third-order valence-electron chi connectivity index (χ3n) is 4.48. The van der Waals surface area contributed by atoms with Gasteiger partial charge in [0.15, 0.2) is 0 Å². The smallest absolute Gasteiger partial charge is 0.213 e. The van der Waals surface area contributed by atoms with Crippen molar-refractivity contribution >= 4 is 12.0 Å². The predicted molar refractivity (Wildman–Crippen MR) is 85.2 cm³/mol. The standard InChI is InChI=1S/C17H25N3O/c1-14-4-7-16(8-5-14)21-17-9-6-15(12-18-17)19-13-20-10-2-3-11-20/h6,9,12-14,16H,2-5,7-8,10-11H2,1H3/b19-13+/t14-,16-. The molecule has 1 saturated carbocycles. The van der Waals surface area contributed by atoms with Crippen LogP contribution in [-0.2, 0) is 0 Å². The first-order valence-corrected chi connectivity index (χ1v) is 8.20. The summed E-state index contributed by atoms with van der Waals surface area (Å²) in [6.07, 6.45) is 11.5. The van der Waals surface area contributed by atoms with Gasteiger partial charge in [-0.15, -0.1) is 0 Å². The lowest BCUT2D eigenvalue weighted by molar-refractivity contribution is 0.130. The van der Waals surface area contributed by atoms with Gasteiger partial charge >= 0.3 is 0 Å². The molecule has 0 N–H and O–H groups in total. The van der Waals surface area contributed by atoms with Crippen LogP contribution >= 0.6 is 0 Å². The van der Waals surface area contributed by atoms with Crippen molar-refractivity contribution in [3.8, 4) is 5.88 Å². The fourth-order valence-corrected chi connectivity index (χ4v) is 3.04. The largest absolute Gasteiger partial charge is 0.474 e. The number of hydrogen-bond acceptors (Lipinski definition) is 3. The van der Waals surface area contributed by atoms with E-state index in [1.54, 1.807) is 6.20 Å². The Labute approximate surface area is 127 Å². The molecular formula is C17H25N3O. The Balaban J connectivity index is 1.51. The average Bonchev–Trinajstić information content (AvgIpc) is 3.02. The van der Waals surface area contributed by atoms with Crippen molar-refractivity contribution in [1.82, 2.24) is 9.88 Å². The van der Waals surface area contributed by atoms with Crippen molar-refractivity contribution in [3.05, 3.63) is 18.3 Å². The van der Waals surface area contributed by atoms with Crippen LogP contribution in [0.3, 0.4) is 0 Å². The molecular weight excluding hydrogens is 262 g/mol. The minimum absolute atomic E-state index is 0.340. The van der Waals surface area contributed by atoms with Crippen molar-refractivity contribution in [2.24, 2.45) is 10.9 Å². The second kappa shape index (κ2) is 6.92. The molecule has 1 aromatic heterocycles. The minimum Gasteiger partial charge on any atom is -0.474 e. The molecule has 1 aliphatic heterocycles. The van der Waals surface area contributed by atoms with Crippen molar-refractivity contribution in [1.29, 1.82) is 0 Å². The molecule has 114 valence electrons. The van der Waals surface area contributed by atoms with Gasteiger partial charge in [0.25, 0.3) is 0 Å². The Morgan fingerprint density at radius 1 is 1.19 bits per heavy atom.